The van der Waals surface area contributed by atoms with Gasteiger partial charge in [-0.2, -0.15) is 0 Å². The first-order chi connectivity index (χ1) is 10.7. The highest BCUT2D eigenvalue weighted by atomic mass is 32.1. The number of aryl methyl sites for hydroxylation is 1. The zero-order chi connectivity index (χ0) is 17.2. The SMILES string of the molecule is Cc1cc(NC(=O)Cc2csc(C(C)(C)C)n2)ccc1C(=O)O. The average molecular weight is 332 g/mol. The van der Waals surface area contributed by atoms with Crippen LogP contribution in [0.25, 0.3) is 0 Å². The van der Waals surface area contributed by atoms with Crippen LogP contribution < -0.4 is 5.32 Å². The highest BCUT2D eigenvalue weighted by molar-refractivity contribution is 7.09. The minimum Gasteiger partial charge on any atom is -0.478 e. The number of benzene rings is 1. The quantitative estimate of drug-likeness (QED) is 0.896. The predicted molar refractivity (Wildman–Crippen MR) is 91.3 cm³/mol. The highest BCUT2D eigenvalue weighted by Gasteiger charge is 2.19. The Bertz CT molecular complexity index is 745. The number of hydrogen-bond donors (Lipinski definition) is 2. The molecule has 1 heterocycles. The van der Waals surface area contributed by atoms with Gasteiger partial charge in [0.15, 0.2) is 0 Å². The van der Waals surface area contributed by atoms with Gasteiger partial charge in [-0.3, -0.25) is 4.79 Å². The smallest absolute Gasteiger partial charge is 0.335 e. The van der Waals surface area contributed by atoms with Crippen molar-refractivity contribution in [2.75, 3.05) is 5.32 Å². The largest absolute Gasteiger partial charge is 0.478 e. The Morgan fingerprint density at radius 2 is 2.00 bits per heavy atom. The molecule has 5 nitrogen and oxygen atoms in total. The highest BCUT2D eigenvalue weighted by Crippen LogP contribution is 2.25. The van der Waals surface area contributed by atoms with Crippen molar-refractivity contribution in [3.63, 3.8) is 0 Å². The Labute approximate surface area is 139 Å². The van der Waals surface area contributed by atoms with Gasteiger partial charge < -0.3 is 10.4 Å². The van der Waals surface area contributed by atoms with Crippen molar-refractivity contribution < 1.29 is 14.7 Å². The Kier molecular flexibility index (Phi) is 4.85. The molecule has 0 fully saturated rings. The predicted octanol–water partition coefficient (Wildman–Crippen LogP) is 3.63. The fourth-order valence-corrected chi connectivity index (χ4v) is 2.99. The Hall–Kier alpha value is -2.21. The van der Waals surface area contributed by atoms with Crippen LogP contribution in [0.15, 0.2) is 23.6 Å². The Morgan fingerprint density at radius 3 is 2.52 bits per heavy atom. The van der Waals surface area contributed by atoms with Crippen molar-refractivity contribution in [3.8, 4) is 0 Å². The molecule has 1 aromatic heterocycles. The summed E-state index contributed by atoms with van der Waals surface area (Å²) in [4.78, 5) is 27.6. The van der Waals surface area contributed by atoms with Crippen LogP contribution in [0.2, 0.25) is 0 Å². The number of carboxylic acid groups (broad SMARTS) is 1. The van der Waals surface area contributed by atoms with E-state index in [4.69, 9.17) is 5.11 Å². The molecule has 0 spiro atoms. The van der Waals surface area contributed by atoms with Crippen LogP contribution in [-0.2, 0) is 16.6 Å². The monoisotopic (exact) mass is 332 g/mol. The number of carboxylic acids is 1. The topological polar surface area (TPSA) is 79.3 Å². The van der Waals surface area contributed by atoms with E-state index in [-0.39, 0.29) is 23.3 Å². The number of nitrogens with zero attached hydrogens (tertiary/aromatic N) is 1. The summed E-state index contributed by atoms with van der Waals surface area (Å²) in [6.07, 6.45) is 0.201. The van der Waals surface area contributed by atoms with Crippen LogP contribution in [0.5, 0.6) is 0 Å². The van der Waals surface area contributed by atoms with Gasteiger partial charge in [-0.25, -0.2) is 9.78 Å². The van der Waals surface area contributed by atoms with Crippen LogP contribution in [0.1, 0.15) is 47.4 Å². The lowest BCUT2D eigenvalue weighted by Gasteiger charge is -2.13. The molecule has 23 heavy (non-hydrogen) atoms. The van der Waals surface area contributed by atoms with Gasteiger partial charge in [-0.15, -0.1) is 11.3 Å². The lowest BCUT2D eigenvalue weighted by atomic mass is 9.98. The van der Waals surface area contributed by atoms with E-state index < -0.39 is 5.97 Å². The van der Waals surface area contributed by atoms with Crippen LogP contribution in [-0.4, -0.2) is 22.0 Å². The van der Waals surface area contributed by atoms with Gasteiger partial charge in [0.25, 0.3) is 0 Å². The van der Waals surface area contributed by atoms with E-state index in [0.29, 0.717) is 11.3 Å². The van der Waals surface area contributed by atoms with Gasteiger partial charge in [0.1, 0.15) is 0 Å². The van der Waals surface area contributed by atoms with Crippen LogP contribution in [0.3, 0.4) is 0 Å². The van der Waals surface area contributed by atoms with Crippen molar-refractivity contribution in [1.82, 2.24) is 4.98 Å². The number of aromatic nitrogens is 1. The van der Waals surface area contributed by atoms with Gasteiger partial charge >= 0.3 is 5.97 Å². The molecule has 2 aromatic rings. The fourth-order valence-electron chi connectivity index (χ4n) is 2.08. The van der Waals surface area contributed by atoms with E-state index in [1.807, 2.05) is 5.38 Å². The van der Waals surface area contributed by atoms with E-state index in [2.05, 4.69) is 31.1 Å². The zero-order valence-corrected chi connectivity index (χ0v) is 14.5. The van der Waals surface area contributed by atoms with Crippen LogP contribution in [0.4, 0.5) is 5.69 Å². The number of anilines is 1. The lowest BCUT2D eigenvalue weighted by molar-refractivity contribution is -0.115. The summed E-state index contributed by atoms with van der Waals surface area (Å²) in [6.45, 7) is 7.96. The van der Waals surface area contributed by atoms with Gasteiger partial charge in [-0.1, -0.05) is 20.8 Å². The minimum absolute atomic E-state index is 0.0246. The summed E-state index contributed by atoms with van der Waals surface area (Å²) >= 11 is 1.56. The summed E-state index contributed by atoms with van der Waals surface area (Å²) in [5.74, 6) is -1.14. The molecule has 0 unspecified atom stereocenters. The third-order valence-corrected chi connectivity index (χ3v) is 4.59. The standard InChI is InChI=1S/C17H20N2O3S/c1-10-7-11(5-6-13(10)15(21)22)18-14(20)8-12-9-23-16(19-12)17(2,3)4/h5-7,9H,8H2,1-4H3,(H,18,20)(H,21,22). The molecular weight excluding hydrogens is 312 g/mol. The molecule has 0 radical (unpaired) electrons. The lowest BCUT2D eigenvalue weighted by Crippen LogP contribution is -2.16. The zero-order valence-electron chi connectivity index (χ0n) is 13.6. The number of carbonyl (C=O) groups excluding carboxylic acids is 1. The molecule has 0 aliphatic heterocycles. The first-order valence-corrected chi connectivity index (χ1v) is 8.13. The van der Waals surface area contributed by atoms with Crippen molar-refractivity contribution in [2.45, 2.75) is 39.5 Å². The number of aromatic carboxylic acids is 1. The maximum atomic E-state index is 12.1. The third-order valence-electron chi connectivity index (χ3n) is 3.28. The number of thiazole rings is 1. The molecule has 1 amide bonds. The van der Waals surface area contributed by atoms with Crippen molar-refractivity contribution in [1.29, 1.82) is 0 Å². The normalized spacial score (nSPS) is 11.3. The van der Waals surface area contributed by atoms with Gasteiger partial charge in [0.05, 0.1) is 22.7 Å². The maximum absolute atomic E-state index is 12.1. The summed E-state index contributed by atoms with van der Waals surface area (Å²) in [6, 6.07) is 4.74. The first-order valence-electron chi connectivity index (χ1n) is 7.25. The van der Waals surface area contributed by atoms with Gasteiger partial charge in [-0.05, 0) is 30.7 Å². The third kappa shape index (κ3) is 4.39. The fraction of sp³-hybridized carbons (Fsp3) is 0.353. The number of carbonyl (C=O) groups is 2. The Balaban J connectivity index is 2.04. The minimum atomic E-state index is -0.974. The van der Waals surface area contributed by atoms with Crippen molar-refractivity contribution >= 4 is 28.9 Å². The molecule has 6 heteroatoms. The van der Waals surface area contributed by atoms with E-state index >= 15 is 0 Å². The number of hydrogen-bond acceptors (Lipinski definition) is 4. The molecule has 0 saturated heterocycles. The molecule has 0 saturated carbocycles. The van der Waals surface area contributed by atoms with E-state index in [9.17, 15) is 9.59 Å². The molecule has 0 aliphatic carbocycles. The van der Waals surface area contributed by atoms with Crippen molar-refractivity contribution in [2.24, 2.45) is 0 Å². The molecular formula is C17H20N2O3S. The average Bonchev–Trinajstić information content (AvgIpc) is 2.86. The van der Waals surface area contributed by atoms with Gasteiger partial charge in [0.2, 0.25) is 5.91 Å². The summed E-state index contributed by atoms with van der Waals surface area (Å²) in [5, 5.41) is 14.7. The summed E-state index contributed by atoms with van der Waals surface area (Å²) in [5.41, 5.74) is 2.15. The second-order valence-corrected chi connectivity index (χ2v) is 7.31. The number of amides is 1. The molecule has 0 aliphatic rings. The second kappa shape index (κ2) is 6.50. The van der Waals surface area contributed by atoms with Gasteiger partial charge in [0, 0.05) is 16.5 Å². The Morgan fingerprint density at radius 1 is 1.30 bits per heavy atom. The molecule has 0 bridgehead atoms. The van der Waals surface area contributed by atoms with Crippen LogP contribution >= 0.6 is 11.3 Å². The number of nitrogens with one attached hydrogen (secondary N) is 1. The number of rotatable bonds is 4. The van der Waals surface area contributed by atoms with Crippen LogP contribution in [0, 0.1) is 6.92 Å². The van der Waals surface area contributed by atoms with E-state index in [1.165, 1.54) is 6.07 Å². The molecule has 2 rings (SSSR count). The summed E-state index contributed by atoms with van der Waals surface area (Å²) in [7, 11) is 0. The molecule has 0 atom stereocenters. The van der Waals surface area contributed by atoms with E-state index in [1.54, 1.807) is 30.4 Å². The van der Waals surface area contributed by atoms with Crippen molar-refractivity contribution in [3.05, 3.63) is 45.4 Å². The second-order valence-electron chi connectivity index (χ2n) is 6.45. The van der Waals surface area contributed by atoms with E-state index in [0.717, 1.165) is 10.7 Å². The molecule has 122 valence electrons. The molecule has 1 aromatic carbocycles. The summed E-state index contributed by atoms with van der Waals surface area (Å²) < 4.78 is 0. The maximum Gasteiger partial charge on any atom is 0.335 e. The first kappa shape index (κ1) is 17.1. The molecule has 2 N–H and O–H groups in total.